The maximum absolute atomic E-state index is 10.8. The molecule has 2 N–H and O–H groups in total. The molecule has 0 aromatic carbocycles. The van der Waals surface area contributed by atoms with Crippen molar-refractivity contribution in [1.82, 2.24) is 9.97 Å². The largest absolute Gasteiger partial charge is 0.481 e. The van der Waals surface area contributed by atoms with E-state index in [-0.39, 0.29) is 12.3 Å². The number of aromatic amines is 1. The Morgan fingerprint density at radius 3 is 3.00 bits per heavy atom. The van der Waals surface area contributed by atoms with Crippen molar-refractivity contribution in [2.75, 3.05) is 0 Å². The minimum absolute atomic E-state index is 0.0421. The number of imidazole rings is 1. The van der Waals surface area contributed by atoms with Crippen molar-refractivity contribution >= 4 is 33.2 Å². The summed E-state index contributed by atoms with van der Waals surface area (Å²) in [5.41, 5.74) is 0. The van der Waals surface area contributed by atoms with Gasteiger partial charge in [0, 0.05) is 27.1 Å². The Kier molecular flexibility index (Phi) is 3.40. The quantitative estimate of drug-likeness (QED) is 0.912. The topological polar surface area (TPSA) is 66.0 Å². The summed E-state index contributed by atoms with van der Waals surface area (Å²) in [6.07, 6.45) is 3.38. The summed E-state index contributed by atoms with van der Waals surface area (Å²) in [7, 11) is 0. The van der Waals surface area contributed by atoms with Gasteiger partial charge in [-0.1, -0.05) is 0 Å². The summed E-state index contributed by atoms with van der Waals surface area (Å²) >= 11 is 4.89. The van der Waals surface area contributed by atoms with Crippen LogP contribution in [0.1, 0.15) is 23.0 Å². The molecule has 0 saturated carbocycles. The number of aromatic nitrogens is 2. The number of aliphatic carboxylic acids is 1. The molecule has 2 heterocycles. The van der Waals surface area contributed by atoms with Crippen LogP contribution in [-0.4, -0.2) is 21.0 Å². The Balaban J connectivity index is 2.31. The number of carboxylic acids is 1. The highest BCUT2D eigenvalue weighted by molar-refractivity contribution is 9.10. The zero-order valence-corrected chi connectivity index (χ0v) is 10.6. The van der Waals surface area contributed by atoms with Gasteiger partial charge in [-0.3, -0.25) is 4.79 Å². The highest BCUT2D eigenvalue weighted by Gasteiger charge is 2.21. The minimum Gasteiger partial charge on any atom is -0.481 e. The third kappa shape index (κ3) is 2.51. The number of hydrogen-bond donors (Lipinski definition) is 2. The molecule has 0 spiro atoms. The van der Waals surface area contributed by atoms with Crippen LogP contribution in [-0.2, 0) is 4.79 Å². The zero-order chi connectivity index (χ0) is 11.5. The molecule has 84 valence electrons. The van der Waals surface area contributed by atoms with E-state index in [9.17, 15) is 4.79 Å². The summed E-state index contributed by atoms with van der Waals surface area (Å²) in [6, 6.07) is 1.93. The third-order valence-corrected chi connectivity index (χ3v) is 3.97. The summed E-state index contributed by atoms with van der Waals surface area (Å²) in [5, 5.41) is 10.8. The number of carbonyl (C=O) groups is 1. The van der Waals surface area contributed by atoms with Crippen molar-refractivity contribution in [1.29, 1.82) is 0 Å². The van der Waals surface area contributed by atoms with Crippen LogP contribution >= 0.6 is 27.3 Å². The Labute approximate surface area is 104 Å². The smallest absolute Gasteiger partial charge is 0.304 e. The molecule has 2 aromatic rings. The van der Waals surface area contributed by atoms with Gasteiger partial charge in [0.15, 0.2) is 0 Å². The first kappa shape index (κ1) is 11.3. The fourth-order valence-corrected chi connectivity index (χ4v) is 3.04. The molecule has 2 rings (SSSR count). The van der Waals surface area contributed by atoms with Crippen LogP contribution < -0.4 is 0 Å². The van der Waals surface area contributed by atoms with E-state index in [2.05, 4.69) is 25.9 Å². The van der Waals surface area contributed by atoms with Gasteiger partial charge in [-0.2, -0.15) is 0 Å². The van der Waals surface area contributed by atoms with Crippen LogP contribution in [0.5, 0.6) is 0 Å². The SMILES string of the molecule is O=C(O)CC(c1ncc[nH]1)c1cc(Br)cs1. The van der Waals surface area contributed by atoms with Crippen molar-refractivity contribution in [2.24, 2.45) is 0 Å². The van der Waals surface area contributed by atoms with E-state index in [1.165, 1.54) is 11.3 Å². The maximum atomic E-state index is 10.8. The Morgan fingerprint density at radius 2 is 2.50 bits per heavy atom. The van der Waals surface area contributed by atoms with Gasteiger partial charge in [0.2, 0.25) is 0 Å². The van der Waals surface area contributed by atoms with Gasteiger partial charge in [-0.25, -0.2) is 4.98 Å². The average molecular weight is 301 g/mol. The van der Waals surface area contributed by atoms with Crippen LogP contribution in [0.25, 0.3) is 0 Å². The number of hydrogen-bond acceptors (Lipinski definition) is 3. The Hall–Kier alpha value is -1.14. The molecule has 0 fully saturated rings. The molecule has 0 aliphatic rings. The molecule has 0 amide bonds. The summed E-state index contributed by atoms with van der Waals surface area (Å²) in [6.45, 7) is 0. The van der Waals surface area contributed by atoms with Crippen LogP contribution in [0.15, 0.2) is 28.3 Å². The highest BCUT2D eigenvalue weighted by Crippen LogP contribution is 2.32. The van der Waals surface area contributed by atoms with Crippen molar-refractivity contribution < 1.29 is 9.90 Å². The first-order chi connectivity index (χ1) is 7.66. The lowest BCUT2D eigenvalue weighted by Gasteiger charge is -2.09. The summed E-state index contributed by atoms with van der Waals surface area (Å²) in [5.74, 6) is -0.341. The lowest BCUT2D eigenvalue weighted by molar-refractivity contribution is -0.137. The highest BCUT2D eigenvalue weighted by atomic mass is 79.9. The summed E-state index contributed by atoms with van der Waals surface area (Å²) in [4.78, 5) is 18.9. The number of nitrogens with one attached hydrogen (secondary N) is 1. The van der Waals surface area contributed by atoms with E-state index in [1.807, 2.05) is 11.4 Å². The van der Waals surface area contributed by atoms with Gasteiger partial charge >= 0.3 is 5.97 Å². The fourth-order valence-electron chi connectivity index (χ4n) is 1.49. The second-order valence-electron chi connectivity index (χ2n) is 3.29. The van der Waals surface area contributed by atoms with E-state index in [1.54, 1.807) is 12.4 Å². The van der Waals surface area contributed by atoms with Gasteiger partial charge in [0.05, 0.1) is 12.3 Å². The van der Waals surface area contributed by atoms with Crippen LogP contribution in [0.3, 0.4) is 0 Å². The third-order valence-electron chi connectivity index (χ3n) is 2.16. The first-order valence-corrected chi connectivity index (χ1v) is 6.29. The fraction of sp³-hybridized carbons (Fsp3) is 0.200. The minimum atomic E-state index is -0.828. The molecular formula is C10H9BrN2O2S. The molecule has 0 saturated heterocycles. The van der Waals surface area contributed by atoms with Crippen molar-refractivity contribution in [2.45, 2.75) is 12.3 Å². The average Bonchev–Trinajstić information content (AvgIpc) is 2.84. The molecule has 1 atom stereocenters. The molecule has 0 radical (unpaired) electrons. The molecular weight excluding hydrogens is 292 g/mol. The van der Waals surface area contributed by atoms with Gasteiger partial charge in [-0.15, -0.1) is 11.3 Å². The van der Waals surface area contributed by atoms with Crippen LogP contribution in [0.4, 0.5) is 0 Å². The van der Waals surface area contributed by atoms with Crippen LogP contribution in [0.2, 0.25) is 0 Å². The number of H-pyrrole nitrogens is 1. The molecule has 6 heteroatoms. The second-order valence-corrected chi connectivity index (χ2v) is 5.15. The number of halogens is 1. The molecule has 0 bridgehead atoms. The lowest BCUT2D eigenvalue weighted by atomic mass is 10.0. The van der Waals surface area contributed by atoms with Gasteiger partial charge < -0.3 is 10.1 Å². The number of thiophene rings is 1. The lowest BCUT2D eigenvalue weighted by Crippen LogP contribution is -2.08. The van der Waals surface area contributed by atoms with Crippen molar-refractivity contribution in [3.8, 4) is 0 Å². The maximum Gasteiger partial charge on any atom is 0.304 e. The number of carboxylic acid groups (broad SMARTS) is 1. The number of nitrogens with zero attached hydrogens (tertiary/aromatic N) is 1. The predicted octanol–water partition coefficient (Wildman–Crippen LogP) is 2.84. The monoisotopic (exact) mass is 300 g/mol. The van der Waals surface area contributed by atoms with Crippen molar-refractivity contribution in [3.05, 3.63) is 39.0 Å². The predicted molar refractivity (Wildman–Crippen MR) is 64.7 cm³/mol. The van der Waals surface area contributed by atoms with Gasteiger partial charge in [-0.05, 0) is 22.0 Å². The Bertz CT molecular complexity index is 481. The van der Waals surface area contributed by atoms with Gasteiger partial charge in [0.1, 0.15) is 5.82 Å². The first-order valence-electron chi connectivity index (χ1n) is 4.62. The molecule has 0 aliphatic carbocycles. The van der Waals surface area contributed by atoms with E-state index < -0.39 is 5.97 Å². The van der Waals surface area contributed by atoms with Crippen molar-refractivity contribution in [3.63, 3.8) is 0 Å². The molecule has 1 unspecified atom stereocenters. The molecule has 4 nitrogen and oxygen atoms in total. The molecule has 0 aliphatic heterocycles. The molecule has 16 heavy (non-hydrogen) atoms. The van der Waals surface area contributed by atoms with Gasteiger partial charge in [0.25, 0.3) is 0 Å². The number of rotatable bonds is 4. The zero-order valence-electron chi connectivity index (χ0n) is 8.18. The Morgan fingerprint density at radius 1 is 1.69 bits per heavy atom. The molecule has 2 aromatic heterocycles. The van der Waals surface area contributed by atoms with E-state index >= 15 is 0 Å². The van der Waals surface area contributed by atoms with E-state index in [0.717, 1.165) is 9.35 Å². The van der Waals surface area contributed by atoms with E-state index in [4.69, 9.17) is 5.11 Å². The second kappa shape index (κ2) is 4.80. The summed E-state index contributed by atoms with van der Waals surface area (Å²) < 4.78 is 0.967. The van der Waals surface area contributed by atoms with E-state index in [0.29, 0.717) is 5.82 Å². The normalized spacial score (nSPS) is 12.6. The van der Waals surface area contributed by atoms with Crippen LogP contribution in [0, 0.1) is 0 Å². The standard InChI is InChI=1S/C10H9BrN2O2S/c11-6-3-8(16-5-6)7(4-9(14)15)10-12-1-2-13-10/h1-3,5,7H,4H2,(H,12,13)(H,14,15).